The molecule has 2 amide bonds. The number of nitrogens with zero attached hydrogens (tertiary/aromatic N) is 2. The molecule has 0 unspecified atom stereocenters. The van der Waals surface area contributed by atoms with Gasteiger partial charge in [0.2, 0.25) is 0 Å². The minimum absolute atomic E-state index is 0.0382. The zero-order chi connectivity index (χ0) is 17.5. The number of amides is 2. The Kier molecular flexibility index (Phi) is 6.48. The summed E-state index contributed by atoms with van der Waals surface area (Å²) in [5, 5.41) is 3.04. The minimum atomic E-state index is 0.0382. The maximum Gasteiger partial charge on any atom is 0.317 e. The molecule has 2 aliphatic rings. The Morgan fingerprint density at radius 1 is 1.16 bits per heavy atom. The van der Waals surface area contributed by atoms with Crippen LogP contribution >= 0.6 is 0 Å². The zero-order valence-electron chi connectivity index (χ0n) is 15.2. The van der Waals surface area contributed by atoms with Gasteiger partial charge < -0.3 is 15.0 Å². The quantitative estimate of drug-likeness (QED) is 0.836. The van der Waals surface area contributed by atoms with Crippen LogP contribution in [0.3, 0.4) is 0 Å². The van der Waals surface area contributed by atoms with Crippen molar-refractivity contribution in [1.29, 1.82) is 0 Å². The van der Waals surface area contributed by atoms with E-state index in [-0.39, 0.29) is 6.03 Å². The number of rotatable bonds is 5. The number of urea groups is 1. The van der Waals surface area contributed by atoms with Crippen LogP contribution in [0.4, 0.5) is 4.79 Å². The molecule has 0 aliphatic carbocycles. The first-order valence-electron chi connectivity index (χ1n) is 9.27. The van der Waals surface area contributed by atoms with E-state index >= 15 is 0 Å². The van der Waals surface area contributed by atoms with E-state index in [1.807, 2.05) is 4.90 Å². The molecule has 0 bridgehead atoms. The predicted octanol–water partition coefficient (Wildman–Crippen LogP) is 2.56. The lowest BCUT2D eigenvalue weighted by molar-refractivity contribution is 0.0532. The van der Waals surface area contributed by atoms with Crippen molar-refractivity contribution < 1.29 is 9.53 Å². The first-order chi connectivity index (χ1) is 12.2. The van der Waals surface area contributed by atoms with Crippen molar-refractivity contribution in [2.45, 2.75) is 26.3 Å². The number of nitrogens with one attached hydrogen (secondary N) is 1. The highest BCUT2D eigenvalue weighted by atomic mass is 16.5. The average molecular weight is 343 g/mol. The van der Waals surface area contributed by atoms with E-state index in [0.29, 0.717) is 32.8 Å². The minimum Gasteiger partial charge on any atom is -0.378 e. The van der Waals surface area contributed by atoms with E-state index in [0.717, 1.165) is 32.5 Å². The lowest BCUT2D eigenvalue weighted by Gasteiger charge is -2.28. The molecular formula is C20H29N3O2. The van der Waals surface area contributed by atoms with Gasteiger partial charge in [0.15, 0.2) is 0 Å². The summed E-state index contributed by atoms with van der Waals surface area (Å²) in [6.07, 6.45) is 4.37. The number of benzene rings is 1. The number of hydrogen-bond donors (Lipinski definition) is 1. The first-order valence-corrected chi connectivity index (χ1v) is 9.27. The average Bonchev–Trinajstić information content (AvgIpc) is 2.65. The molecule has 0 atom stereocenters. The molecule has 1 N–H and O–H groups in total. The van der Waals surface area contributed by atoms with Crippen molar-refractivity contribution >= 4 is 6.03 Å². The molecule has 0 saturated carbocycles. The van der Waals surface area contributed by atoms with Crippen molar-refractivity contribution in [2.24, 2.45) is 0 Å². The highest BCUT2D eigenvalue weighted by molar-refractivity contribution is 5.74. The second-order valence-electron chi connectivity index (χ2n) is 6.93. The van der Waals surface area contributed by atoms with E-state index in [1.54, 1.807) is 0 Å². The molecular weight excluding hydrogens is 314 g/mol. The summed E-state index contributed by atoms with van der Waals surface area (Å²) >= 11 is 0. The van der Waals surface area contributed by atoms with Gasteiger partial charge in [-0.05, 0) is 25.3 Å². The predicted molar refractivity (Wildman–Crippen MR) is 99.6 cm³/mol. The third-order valence-corrected chi connectivity index (χ3v) is 4.85. The normalized spacial score (nSPS) is 18.8. The van der Waals surface area contributed by atoms with Crippen LogP contribution in [0.1, 0.15) is 24.0 Å². The second-order valence-corrected chi connectivity index (χ2v) is 6.93. The summed E-state index contributed by atoms with van der Waals surface area (Å²) < 4.78 is 5.28. The number of morpholine rings is 1. The van der Waals surface area contributed by atoms with Crippen molar-refractivity contribution in [3.63, 3.8) is 0 Å². The van der Waals surface area contributed by atoms with E-state index in [2.05, 4.69) is 47.5 Å². The van der Waals surface area contributed by atoms with Gasteiger partial charge in [0.05, 0.1) is 13.2 Å². The smallest absolute Gasteiger partial charge is 0.317 e. The highest BCUT2D eigenvalue weighted by Gasteiger charge is 2.17. The molecule has 0 spiro atoms. The van der Waals surface area contributed by atoms with Crippen LogP contribution in [0.15, 0.2) is 35.9 Å². The van der Waals surface area contributed by atoms with Gasteiger partial charge in [-0.25, -0.2) is 4.79 Å². The topological polar surface area (TPSA) is 44.8 Å². The van der Waals surface area contributed by atoms with Gasteiger partial charge in [0.25, 0.3) is 0 Å². The Labute approximate surface area is 150 Å². The van der Waals surface area contributed by atoms with Gasteiger partial charge in [-0.1, -0.05) is 41.5 Å². The van der Waals surface area contributed by atoms with Crippen LogP contribution in [-0.2, 0) is 11.3 Å². The Morgan fingerprint density at radius 3 is 2.68 bits per heavy atom. The number of aryl methyl sites for hydroxylation is 1. The molecule has 2 aliphatic heterocycles. The number of hydrogen-bond acceptors (Lipinski definition) is 3. The fourth-order valence-electron chi connectivity index (χ4n) is 3.36. The molecule has 5 heteroatoms. The molecule has 1 aromatic rings. The van der Waals surface area contributed by atoms with Crippen molar-refractivity contribution in [2.75, 3.05) is 45.9 Å². The summed E-state index contributed by atoms with van der Waals surface area (Å²) in [4.78, 5) is 16.4. The third kappa shape index (κ3) is 5.58. The first kappa shape index (κ1) is 18.0. The molecule has 0 aromatic heterocycles. The van der Waals surface area contributed by atoms with Gasteiger partial charge in [-0.15, -0.1) is 0 Å². The molecule has 1 aromatic carbocycles. The fraction of sp³-hybridized carbons (Fsp3) is 0.550. The van der Waals surface area contributed by atoms with E-state index in [1.165, 1.54) is 16.7 Å². The Balaban J connectivity index is 1.40. The second kappa shape index (κ2) is 9.02. The number of carbonyl (C=O) groups is 1. The molecule has 2 heterocycles. The maximum atomic E-state index is 12.1. The lowest BCUT2D eigenvalue weighted by atomic mass is 10.1. The summed E-state index contributed by atoms with van der Waals surface area (Å²) in [7, 11) is 0. The number of carbonyl (C=O) groups excluding carboxylic acids is 1. The van der Waals surface area contributed by atoms with E-state index in [4.69, 9.17) is 4.74 Å². The largest absolute Gasteiger partial charge is 0.378 e. The van der Waals surface area contributed by atoms with Crippen LogP contribution in [0.5, 0.6) is 0 Å². The van der Waals surface area contributed by atoms with E-state index in [9.17, 15) is 4.79 Å². The standard InChI is InChI=1S/C20H29N3O2/c1-17-4-6-19(7-5-17)16-22-10-2-3-18(15-22)8-9-21-20(24)23-11-13-25-14-12-23/h3-7H,2,8-16H2,1H3,(H,21,24). The Hall–Kier alpha value is -1.85. The molecule has 1 fully saturated rings. The fourth-order valence-corrected chi connectivity index (χ4v) is 3.36. The Bertz CT molecular complexity index is 591. The molecule has 1 saturated heterocycles. The molecule has 136 valence electrons. The van der Waals surface area contributed by atoms with Crippen LogP contribution < -0.4 is 5.32 Å². The van der Waals surface area contributed by atoms with Crippen LogP contribution in [0.2, 0.25) is 0 Å². The van der Waals surface area contributed by atoms with Crippen molar-refractivity contribution in [1.82, 2.24) is 15.1 Å². The van der Waals surface area contributed by atoms with Gasteiger partial charge in [-0.3, -0.25) is 4.90 Å². The summed E-state index contributed by atoms with van der Waals surface area (Å²) in [6, 6.07) is 8.83. The molecule has 3 rings (SSSR count). The SMILES string of the molecule is Cc1ccc(CN2CCC=C(CCNC(=O)N3CCOCC3)C2)cc1. The number of ether oxygens (including phenoxy) is 1. The third-order valence-electron chi connectivity index (χ3n) is 4.85. The summed E-state index contributed by atoms with van der Waals surface area (Å²) in [5.74, 6) is 0. The van der Waals surface area contributed by atoms with Crippen molar-refractivity contribution in [3.8, 4) is 0 Å². The molecule has 5 nitrogen and oxygen atoms in total. The monoisotopic (exact) mass is 343 g/mol. The highest BCUT2D eigenvalue weighted by Crippen LogP contribution is 2.16. The van der Waals surface area contributed by atoms with Gasteiger partial charge >= 0.3 is 6.03 Å². The molecule has 0 radical (unpaired) electrons. The molecule has 25 heavy (non-hydrogen) atoms. The lowest BCUT2D eigenvalue weighted by Crippen LogP contribution is -2.46. The zero-order valence-corrected chi connectivity index (χ0v) is 15.2. The van der Waals surface area contributed by atoms with Gasteiger partial charge in [0.1, 0.15) is 0 Å². The summed E-state index contributed by atoms with van der Waals surface area (Å²) in [6.45, 7) is 8.62. The maximum absolute atomic E-state index is 12.1. The van der Waals surface area contributed by atoms with Gasteiger partial charge in [0, 0.05) is 39.3 Å². The summed E-state index contributed by atoms with van der Waals surface area (Å²) in [5.41, 5.74) is 4.10. The van der Waals surface area contributed by atoms with Crippen LogP contribution in [0, 0.1) is 6.92 Å². The van der Waals surface area contributed by atoms with Crippen LogP contribution in [0.25, 0.3) is 0 Å². The van der Waals surface area contributed by atoms with Gasteiger partial charge in [-0.2, -0.15) is 0 Å². The Morgan fingerprint density at radius 2 is 1.92 bits per heavy atom. The van der Waals surface area contributed by atoms with Crippen molar-refractivity contribution in [3.05, 3.63) is 47.0 Å². The van der Waals surface area contributed by atoms with Crippen LogP contribution in [-0.4, -0.2) is 61.8 Å². The van der Waals surface area contributed by atoms with E-state index < -0.39 is 0 Å².